The Morgan fingerprint density at radius 3 is 2.54 bits per heavy atom. The van der Waals surface area contributed by atoms with E-state index in [0.29, 0.717) is 12.0 Å². The lowest BCUT2D eigenvalue weighted by Gasteiger charge is -2.41. The predicted octanol–water partition coefficient (Wildman–Crippen LogP) is 4.00. The third-order valence-corrected chi connectivity index (χ3v) is 4.47. The molecule has 3 rings (SSSR count). The smallest absolute Gasteiger partial charge is 0.343 e. The molecule has 0 spiro atoms. The van der Waals surface area contributed by atoms with Crippen LogP contribution in [-0.2, 0) is 25.4 Å². The summed E-state index contributed by atoms with van der Waals surface area (Å²) in [4.78, 5) is 12.4. The molecule has 0 amide bonds. The van der Waals surface area contributed by atoms with E-state index in [9.17, 15) is 4.79 Å². The summed E-state index contributed by atoms with van der Waals surface area (Å²) in [5, 5.41) is 0. The number of aryl methyl sites for hydroxylation is 1. The van der Waals surface area contributed by atoms with Crippen LogP contribution in [0.2, 0.25) is 0 Å². The summed E-state index contributed by atoms with van der Waals surface area (Å²) in [6, 6.07) is 10.4. The van der Waals surface area contributed by atoms with Crippen LogP contribution in [0.15, 0.2) is 41.7 Å². The molecule has 0 aromatic heterocycles. The molecular weight excluding hydrogens is 304 g/mol. The van der Waals surface area contributed by atoms with Gasteiger partial charge in [0.1, 0.15) is 11.3 Å². The second-order valence-corrected chi connectivity index (χ2v) is 7.38. The van der Waals surface area contributed by atoms with Gasteiger partial charge in [0.25, 0.3) is 0 Å². The molecule has 0 bridgehead atoms. The number of carbonyl (C=O) groups is 1. The first-order valence-electron chi connectivity index (χ1n) is 8.70. The van der Waals surface area contributed by atoms with Crippen molar-refractivity contribution in [2.24, 2.45) is 5.92 Å². The molecule has 2 atom stereocenters. The van der Waals surface area contributed by atoms with Gasteiger partial charge in [-0.1, -0.05) is 44.2 Å². The number of hydrogen-bond acceptors (Lipinski definition) is 4. The summed E-state index contributed by atoms with van der Waals surface area (Å²) in [6.07, 6.45) is 2.27. The minimum Gasteiger partial charge on any atom is -0.456 e. The van der Waals surface area contributed by atoms with Crippen molar-refractivity contribution in [2.75, 3.05) is 0 Å². The maximum Gasteiger partial charge on any atom is 0.343 e. The van der Waals surface area contributed by atoms with E-state index in [1.807, 2.05) is 6.07 Å². The fourth-order valence-electron chi connectivity index (χ4n) is 3.35. The maximum absolute atomic E-state index is 12.4. The zero-order valence-electron chi connectivity index (χ0n) is 14.9. The molecule has 2 aliphatic heterocycles. The van der Waals surface area contributed by atoms with Crippen LogP contribution >= 0.6 is 0 Å². The van der Waals surface area contributed by atoms with Gasteiger partial charge in [0.15, 0.2) is 0 Å². The van der Waals surface area contributed by atoms with E-state index in [4.69, 9.17) is 14.2 Å². The third kappa shape index (κ3) is 3.64. The van der Waals surface area contributed by atoms with Gasteiger partial charge in [0.05, 0.1) is 12.2 Å². The van der Waals surface area contributed by atoms with Gasteiger partial charge in [-0.2, -0.15) is 0 Å². The molecule has 24 heavy (non-hydrogen) atoms. The minimum absolute atomic E-state index is 0.0538. The monoisotopic (exact) mass is 330 g/mol. The van der Waals surface area contributed by atoms with Crippen molar-refractivity contribution < 1.29 is 19.0 Å². The van der Waals surface area contributed by atoms with Gasteiger partial charge in [-0.25, -0.2) is 4.79 Å². The van der Waals surface area contributed by atoms with Gasteiger partial charge >= 0.3 is 5.97 Å². The Bertz CT molecular complexity index is 630. The van der Waals surface area contributed by atoms with Crippen molar-refractivity contribution in [2.45, 2.75) is 65.0 Å². The van der Waals surface area contributed by atoms with Crippen LogP contribution in [0.25, 0.3) is 0 Å². The number of cyclic esters (lactones) is 1. The fourth-order valence-corrected chi connectivity index (χ4v) is 3.35. The van der Waals surface area contributed by atoms with Gasteiger partial charge in [0, 0.05) is 20.3 Å². The van der Waals surface area contributed by atoms with Crippen LogP contribution in [0.3, 0.4) is 0 Å². The van der Waals surface area contributed by atoms with Crippen molar-refractivity contribution in [1.82, 2.24) is 0 Å². The first kappa shape index (κ1) is 17.0. The molecule has 2 heterocycles. The molecule has 0 unspecified atom stereocenters. The summed E-state index contributed by atoms with van der Waals surface area (Å²) in [5.41, 5.74) is 1.87. The molecule has 0 saturated carbocycles. The number of esters is 1. The quantitative estimate of drug-likeness (QED) is 0.783. The first-order chi connectivity index (χ1) is 11.4. The lowest BCUT2D eigenvalue weighted by atomic mass is 9.90. The topological polar surface area (TPSA) is 44.8 Å². The van der Waals surface area contributed by atoms with Gasteiger partial charge in [-0.15, -0.1) is 0 Å². The second-order valence-electron chi connectivity index (χ2n) is 7.38. The second kappa shape index (κ2) is 6.60. The molecule has 1 aromatic carbocycles. The average Bonchev–Trinajstić information content (AvgIpc) is 2.51. The summed E-state index contributed by atoms with van der Waals surface area (Å²) in [5.74, 6) is -0.272. The fraction of sp³-hybridized carbons (Fsp3) is 0.550. The first-order valence-corrected chi connectivity index (χ1v) is 8.70. The van der Waals surface area contributed by atoms with E-state index in [2.05, 4.69) is 38.1 Å². The van der Waals surface area contributed by atoms with Gasteiger partial charge < -0.3 is 14.2 Å². The van der Waals surface area contributed by atoms with Gasteiger partial charge in [0.2, 0.25) is 5.79 Å². The summed E-state index contributed by atoms with van der Waals surface area (Å²) >= 11 is 0. The van der Waals surface area contributed by atoms with Crippen molar-refractivity contribution in [3.05, 3.63) is 47.2 Å². The van der Waals surface area contributed by atoms with E-state index in [1.165, 1.54) is 5.56 Å². The highest BCUT2D eigenvalue weighted by Crippen LogP contribution is 2.39. The Labute approximate surface area is 143 Å². The van der Waals surface area contributed by atoms with Gasteiger partial charge in [-0.3, -0.25) is 0 Å². The Morgan fingerprint density at radius 1 is 1.17 bits per heavy atom. The zero-order chi connectivity index (χ0) is 17.3. The average molecular weight is 330 g/mol. The lowest BCUT2D eigenvalue weighted by Crippen LogP contribution is -2.46. The van der Waals surface area contributed by atoms with Gasteiger partial charge in [-0.05, 0) is 24.3 Å². The number of benzene rings is 1. The molecule has 4 heteroatoms. The minimum atomic E-state index is -0.904. The Morgan fingerprint density at radius 2 is 1.88 bits per heavy atom. The Balaban J connectivity index is 1.77. The van der Waals surface area contributed by atoms with Crippen LogP contribution in [0.1, 0.15) is 46.1 Å². The molecular formula is C20H26O4. The summed E-state index contributed by atoms with van der Waals surface area (Å²) in [6.45, 7) is 7.66. The number of carbonyl (C=O) groups excluding carboxylic acids is 1. The van der Waals surface area contributed by atoms with Crippen molar-refractivity contribution in [3.8, 4) is 0 Å². The molecule has 4 nitrogen and oxygen atoms in total. The molecule has 0 aliphatic carbocycles. The van der Waals surface area contributed by atoms with E-state index in [-0.39, 0.29) is 24.1 Å². The molecule has 2 aliphatic rings. The molecule has 0 N–H and O–H groups in total. The summed E-state index contributed by atoms with van der Waals surface area (Å²) < 4.78 is 17.6. The summed E-state index contributed by atoms with van der Waals surface area (Å²) in [7, 11) is 0. The predicted molar refractivity (Wildman–Crippen MR) is 91.2 cm³/mol. The highest BCUT2D eigenvalue weighted by Gasteiger charge is 2.44. The molecule has 0 radical (unpaired) electrons. The Hall–Kier alpha value is -1.81. The zero-order valence-corrected chi connectivity index (χ0v) is 14.9. The van der Waals surface area contributed by atoms with E-state index >= 15 is 0 Å². The van der Waals surface area contributed by atoms with Crippen LogP contribution in [-0.4, -0.2) is 24.0 Å². The van der Waals surface area contributed by atoms with E-state index in [1.54, 1.807) is 13.8 Å². The van der Waals surface area contributed by atoms with E-state index in [0.717, 1.165) is 18.6 Å². The maximum atomic E-state index is 12.4. The van der Waals surface area contributed by atoms with Crippen molar-refractivity contribution in [3.63, 3.8) is 0 Å². The van der Waals surface area contributed by atoms with Crippen LogP contribution < -0.4 is 0 Å². The molecule has 0 saturated heterocycles. The lowest BCUT2D eigenvalue weighted by molar-refractivity contribution is -0.218. The van der Waals surface area contributed by atoms with Crippen LogP contribution in [0, 0.1) is 5.92 Å². The standard InChI is InChI=1S/C20H26O4/c1-13(2)18-17-16(23-20(3,4)24-19(17)21)12-15(22-18)11-10-14-8-6-5-7-9-14/h5-9,13,15,18H,10-12H2,1-4H3/t15-,18+/m1/s1. The van der Waals surface area contributed by atoms with Crippen LogP contribution in [0.5, 0.6) is 0 Å². The van der Waals surface area contributed by atoms with E-state index < -0.39 is 5.79 Å². The highest BCUT2D eigenvalue weighted by atomic mass is 16.7. The molecule has 130 valence electrons. The third-order valence-electron chi connectivity index (χ3n) is 4.47. The highest BCUT2D eigenvalue weighted by molar-refractivity contribution is 5.91. The SMILES string of the molecule is CC(C)[C@@H]1O[C@H](CCc2ccccc2)CC2=C1C(=O)OC(C)(C)O2. The van der Waals surface area contributed by atoms with Crippen LogP contribution in [0.4, 0.5) is 0 Å². The van der Waals surface area contributed by atoms with Crippen molar-refractivity contribution in [1.29, 1.82) is 0 Å². The number of hydrogen-bond donors (Lipinski definition) is 0. The largest absolute Gasteiger partial charge is 0.456 e. The molecule has 1 aromatic rings. The number of rotatable bonds is 4. The normalized spacial score (nSPS) is 26.0. The molecule has 0 fully saturated rings. The van der Waals surface area contributed by atoms with Crippen molar-refractivity contribution >= 4 is 5.97 Å². The Kier molecular flexibility index (Phi) is 4.68. The number of ether oxygens (including phenoxy) is 3.